The van der Waals surface area contributed by atoms with Crippen LogP contribution in [0.1, 0.15) is 31.7 Å². The normalized spacial score (nSPS) is 11.9. The molecule has 0 radical (unpaired) electrons. The second kappa shape index (κ2) is 12.5. The number of para-hydroxylation sites is 2. The molecule has 0 saturated heterocycles. The number of amides is 1. The zero-order valence-corrected chi connectivity index (χ0v) is 22.3. The van der Waals surface area contributed by atoms with Crippen molar-refractivity contribution in [2.24, 2.45) is 0 Å². The lowest BCUT2D eigenvalue weighted by Crippen LogP contribution is -2.39. The summed E-state index contributed by atoms with van der Waals surface area (Å²) in [7, 11) is 0. The molecule has 7 heteroatoms. The maximum absolute atomic E-state index is 11.9. The van der Waals surface area contributed by atoms with E-state index < -0.39 is 18.3 Å². The molecule has 2 N–H and O–H groups in total. The number of aliphatic carboxylic acids is 1. The molecule has 0 saturated carbocycles. The first-order chi connectivity index (χ1) is 19.5. The molecule has 40 heavy (non-hydrogen) atoms. The first kappa shape index (κ1) is 27.0. The van der Waals surface area contributed by atoms with Crippen molar-refractivity contribution < 1.29 is 28.6 Å². The van der Waals surface area contributed by atoms with Crippen molar-refractivity contribution in [1.82, 2.24) is 5.32 Å². The Hall–Kier alpha value is -4.62. The van der Waals surface area contributed by atoms with Gasteiger partial charge in [0.15, 0.2) is 0 Å². The Kier molecular flexibility index (Phi) is 8.42. The molecule has 0 fully saturated rings. The number of carboxylic acid groups (broad SMARTS) is 1. The fraction of sp³-hybridized carbons (Fsp3) is 0.212. The summed E-state index contributed by atoms with van der Waals surface area (Å²) in [4.78, 5) is 23.1. The van der Waals surface area contributed by atoms with Gasteiger partial charge < -0.3 is 19.0 Å². The fourth-order valence-electron chi connectivity index (χ4n) is 4.60. The summed E-state index contributed by atoms with van der Waals surface area (Å²) >= 11 is 0. The largest absolute Gasteiger partial charge is 0.481 e. The molecule has 1 atom stereocenters. The molecule has 1 amide bonds. The van der Waals surface area contributed by atoms with E-state index in [4.69, 9.17) is 13.9 Å². The number of hydrogen-bond donors (Lipinski definition) is 2. The molecule has 1 unspecified atom stereocenters. The van der Waals surface area contributed by atoms with E-state index >= 15 is 0 Å². The van der Waals surface area contributed by atoms with Gasteiger partial charge in [0.1, 0.15) is 17.4 Å². The highest BCUT2D eigenvalue weighted by atomic mass is 16.6. The number of hydrogen-bond acceptors (Lipinski definition) is 5. The number of carbonyl (C=O) groups is 2. The number of fused-ring (bicyclic) bond motifs is 3. The third-order valence-corrected chi connectivity index (χ3v) is 6.71. The van der Waals surface area contributed by atoms with Gasteiger partial charge in [-0.1, -0.05) is 98.3 Å². The van der Waals surface area contributed by atoms with Gasteiger partial charge in [-0.15, -0.1) is 0 Å². The summed E-state index contributed by atoms with van der Waals surface area (Å²) in [5.41, 5.74) is 6.84. The Bertz CT molecular complexity index is 1600. The minimum absolute atomic E-state index is 0.147. The van der Waals surface area contributed by atoms with Crippen molar-refractivity contribution in [3.63, 3.8) is 0 Å². The lowest BCUT2D eigenvalue weighted by Gasteiger charge is -2.18. The number of rotatable bonds is 11. The van der Waals surface area contributed by atoms with Crippen LogP contribution in [-0.2, 0) is 20.9 Å². The minimum atomic E-state index is -1.07. The summed E-state index contributed by atoms with van der Waals surface area (Å²) < 4.78 is 16.9. The second-order valence-electron chi connectivity index (χ2n) is 9.59. The van der Waals surface area contributed by atoms with Crippen LogP contribution in [0.25, 0.3) is 44.2 Å². The molecule has 0 aliphatic rings. The van der Waals surface area contributed by atoms with Crippen LogP contribution in [0.3, 0.4) is 0 Å². The number of unbranched alkanes of at least 4 members (excludes halogenated alkanes) is 1. The van der Waals surface area contributed by atoms with Crippen LogP contribution in [0.5, 0.6) is 0 Å². The molecule has 4 aromatic carbocycles. The SMILES string of the molecule is CCCCOC(=O)NC(CC(=O)O)OCc1ccc(-c2ccc(-c3cccc4c3oc3ccccc34)cc2)cc1. The van der Waals surface area contributed by atoms with Crippen molar-refractivity contribution in [3.05, 3.63) is 96.6 Å². The molecule has 204 valence electrons. The summed E-state index contributed by atoms with van der Waals surface area (Å²) in [6, 6.07) is 30.5. The third-order valence-electron chi connectivity index (χ3n) is 6.71. The molecule has 1 heterocycles. The van der Waals surface area contributed by atoms with E-state index in [1.165, 1.54) is 0 Å². The molecule has 1 aromatic heterocycles. The predicted octanol–water partition coefficient (Wildman–Crippen LogP) is 7.76. The molecule has 0 aliphatic heterocycles. The highest BCUT2D eigenvalue weighted by molar-refractivity contribution is 6.09. The van der Waals surface area contributed by atoms with Crippen LogP contribution in [-0.4, -0.2) is 30.0 Å². The van der Waals surface area contributed by atoms with Crippen LogP contribution >= 0.6 is 0 Å². The van der Waals surface area contributed by atoms with Crippen molar-refractivity contribution in [3.8, 4) is 22.3 Å². The van der Waals surface area contributed by atoms with Crippen LogP contribution < -0.4 is 5.32 Å². The van der Waals surface area contributed by atoms with Crippen molar-refractivity contribution in [2.45, 2.75) is 39.0 Å². The van der Waals surface area contributed by atoms with Crippen LogP contribution in [0, 0.1) is 0 Å². The first-order valence-corrected chi connectivity index (χ1v) is 13.4. The molecule has 5 aromatic rings. The number of nitrogens with one attached hydrogen (secondary N) is 1. The maximum Gasteiger partial charge on any atom is 0.409 e. The Labute approximate surface area is 232 Å². The summed E-state index contributed by atoms with van der Waals surface area (Å²) in [5.74, 6) is -1.07. The molecular weight excluding hydrogens is 506 g/mol. The maximum atomic E-state index is 11.9. The fourth-order valence-corrected chi connectivity index (χ4v) is 4.60. The lowest BCUT2D eigenvalue weighted by molar-refractivity contribution is -0.141. The minimum Gasteiger partial charge on any atom is -0.481 e. The topological polar surface area (TPSA) is 98.0 Å². The van der Waals surface area contributed by atoms with E-state index in [0.29, 0.717) is 0 Å². The average molecular weight is 538 g/mol. The van der Waals surface area contributed by atoms with Gasteiger partial charge in [0.2, 0.25) is 0 Å². The Morgan fingerprint density at radius 1 is 0.850 bits per heavy atom. The lowest BCUT2D eigenvalue weighted by atomic mass is 9.98. The highest BCUT2D eigenvalue weighted by Gasteiger charge is 2.18. The molecule has 5 rings (SSSR count). The molecular formula is C33H31NO6. The van der Waals surface area contributed by atoms with Crippen molar-refractivity contribution >= 4 is 34.0 Å². The van der Waals surface area contributed by atoms with Gasteiger partial charge in [0, 0.05) is 16.3 Å². The van der Waals surface area contributed by atoms with Crippen LogP contribution in [0.2, 0.25) is 0 Å². The van der Waals surface area contributed by atoms with Gasteiger partial charge in [-0.05, 0) is 34.7 Å². The Balaban J connectivity index is 1.25. The first-order valence-electron chi connectivity index (χ1n) is 13.4. The standard InChI is InChI=1S/C33H31NO6/c1-2-3-19-38-33(37)34-30(20-31(35)36)39-21-22-11-13-23(14-12-22)24-15-17-25(18-16-24)26-8-6-9-28-27-7-4-5-10-29(27)40-32(26)28/h4-18,30H,2-3,19-21H2,1H3,(H,34,37)(H,35,36). The van der Waals surface area contributed by atoms with E-state index in [9.17, 15) is 14.7 Å². The Morgan fingerprint density at radius 2 is 1.52 bits per heavy atom. The zero-order valence-electron chi connectivity index (χ0n) is 22.3. The monoisotopic (exact) mass is 537 g/mol. The van der Waals surface area contributed by atoms with Crippen LogP contribution in [0.4, 0.5) is 4.79 Å². The molecule has 0 aliphatic carbocycles. The van der Waals surface area contributed by atoms with Gasteiger partial charge in [-0.25, -0.2) is 4.79 Å². The van der Waals surface area contributed by atoms with E-state index in [1.807, 2.05) is 49.4 Å². The molecule has 0 spiro atoms. The van der Waals surface area contributed by atoms with Gasteiger partial charge in [-0.3, -0.25) is 10.1 Å². The third kappa shape index (κ3) is 6.33. The highest BCUT2D eigenvalue weighted by Crippen LogP contribution is 2.36. The van der Waals surface area contributed by atoms with E-state index in [-0.39, 0.29) is 19.6 Å². The zero-order chi connectivity index (χ0) is 27.9. The number of alkyl carbamates (subject to hydrolysis) is 1. The number of carboxylic acids is 1. The van der Waals surface area contributed by atoms with Crippen molar-refractivity contribution in [2.75, 3.05) is 6.61 Å². The number of benzene rings is 4. The van der Waals surface area contributed by atoms with E-state index in [2.05, 4.69) is 53.8 Å². The average Bonchev–Trinajstić information content (AvgIpc) is 3.35. The van der Waals surface area contributed by atoms with Gasteiger partial charge in [0.05, 0.1) is 19.6 Å². The van der Waals surface area contributed by atoms with Crippen LogP contribution in [0.15, 0.2) is 95.4 Å². The summed E-state index contributed by atoms with van der Waals surface area (Å²) in [6.07, 6.45) is -0.411. The summed E-state index contributed by atoms with van der Waals surface area (Å²) in [6.45, 7) is 2.41. The van der Waals surface area contributed by atoms with E-state index in [0.717, 1.165) is 62.6 Å². The number of ether oxygens (including phenoxy) is 2. The molecule has 7 nitrogen and oxygen atoms in total. The number of carbonyl (C=O) groups excluding carboxylic acids is 1. The predicted molar refractivity (Wildman–Crippen MR) is 155 cm³/mol. The van der Waals surface area contributed by atoms with Crippen molar-refractivity contribution in [1.29, 1.82) is 0 Å². The Morgan fingerprint density at radius 3 is 2.25 bits per heavy atom. The smallest absolute Gasteiger partial charge is 0.409 e. The van der Waals surface area contributed by atoms with Gasteiger partial charge >= 0.3 is 12.1 Å². The second-order valence-corrected chi connectivity index (χ2v) is 9.59. The van der Waals surface area contributed by atoms with E-state index in [1.54, 1.807) is 0 Å². The number of furan rings is 1. The van der Waals surface area contributed by atoms with Gasteiger partial charge in [0.25, 0.3) is 0 Å². The quantitative estimate of drug-likeness (QED) is 0.132. The molecule has 0 bridgehead atoms. The summed E-state index contributed by atoms with van der Waals surface area (Å²) in [5, 5.41) is 13.9. The van der Waals surface area contributed by atoms with Gasteiger partial charge in [-0.2, -0.15) is 0 Å².